The summed E-state index contributed by atoms with van der Waals surface area (Å²) < 4.78 is 5.27. The molecule has 0 fully saturated rings. The smallest absolute Gasteiger partial charge is 0.123 e. The number of nitrogens with one attached hydrogen (secondary N) is 1. The summed E-state index contributed by atoms with van der Waals surface area (Å²) in [6, 6.07) is 4.22. The van der Waals surface area contributed by atoms with Crippen molar-refractivity contribution in [3.05, 3.63) is 28.8 Å². The molecule has 0 bridgehead atoms. The zero-order valence-electron chi connectivity index (χ0n) is 8.34. The molecule has 2 N–H and O–H groups in total. The van der Waals surface area contributed by atoms with E-state index in [0.29, 0.717) is 6.54 Å². The highest BCUT2D eigenvalue weighted by Gasteiger charge is 2.14. The Morgan fingerprint density at radius 3 is 2.71 bits per heavy atom. The molecule has 0 saturated heterocycles. The average molecular weight is 193 g/mol. The molecule has 0 atom stereocenters. The van der Waals surface area contributed by atoms with E-state index in [1.165, 1.54) is 17.5 Å². The number of benzene rings is 1. The lowest BCUT2D eigenvalue weighted by Crippen LogP contribution is -2.08. The molecule has 14 heavy (non-hydrogen) atoms. The largest absolute Gasteiger partial charge is 0.496 e. The standard InChI is InChI=1S/C11H15NO2/c1-14-11-6-9-4-2-3-8(9)5-10(11)7-12-13/h5-6,12-13H,2-4,7H2,1H3. The zero-order chi connectivity index (χ0) is 9.97. The SMILES string of the molecule is COc1cc2c(cc1CNO)CCC2. The Bertz CT molecular complexity index is 336. The van der Waals surface area contributed by atoms with Crippen molar-refractivity contribution in [2.24, 2.45) is 0 Å². The lowest BCUT2D eigenvalue weighted by atomic mass is 10.1. The van der Waals surface area contributed by atoms with Crippen molar-refractivity contribution in [3.8, 4) is 5.75 Å². The fraction of sp³-hybridized carbons (Fsp3) is 0.455. The van der Waals surface area contributed by atoms with Crippen LogP contribution in [0.25, 0.3) is 0 Å². The molecule has 3 heteroatoms. The van der Waals surface area contributed by atoms with E-state index in [-0.39, 0.29) is 0 Å². The zero-order valence-corrected chi connectivity index (χ0v) is 8.34. The maximum Gasteiger partial charge on any atom is 0.123 e. The topological polar surface area (TPSA) is 41.5 Å². The van der Waals surface area contributed by atoms with E-state index >= 15 is 0 Å². The van der Waals surface area contributed by atoms with E-state index in [1.807, 2.05) is 0 Å². The van der Waals surface area contributed by atoms with Crippen molar-refractivity contribution in [2.45, 2.75) is 25.8 Å². The van der Waals surface area contributed by atoms with Crippen LogP contribution in [0.15, 0.2) is 12.1 Å². The van der Waals surface area contributed by atoms with E-state index in [9.17, 15) is 0 Å². The van der Waals surface area contributed by atoms with Gasteiger partial charge in [0.1, 0.15) is 5.75 Å². The molecule has 1 aliphatic rings. The first-order chi connectivity index (χ1) is 6.85. The van der Waals surface area contributed by atoms with Crippen LogP contribution in [0.5, 0.6) is 5.75 Å². The van der Waals surface area contributed by atoms with E-state index in [4.69, 9.17) is 9.94 Å². The second kappa shape index (κ2) is 3.98. The van der Waals surface area contributed by atoms with Crippen molar-refractivity contribution >= 4 is 0 Å². The number of hydrogen-bond donors (Lipinski definition) is 2. The number of ether oxygens (including phenoxy) is 1. The van der Waals surface area contributed by atoms with Crippen LogP contribution < -0.4 is 10.2 Å². The summed E-state index contributed by atoms with van der Waals surface area (Å²) in [5.41, 5.74) is 5.98. The summed E-state index contributed by atoms with van der Waals surface area (Å²) in [5, 5.41) is 8.68. The summed E-state index contributed by atoms with van der Waals surface area (Å²) >= 11 is 0. The first kappa shape index (κ1) is 9.49. The van der Waals surface area contributed by atoms with Gasteiger partial charge < -0.3 is 9.94 Å². The highest BCUT2D eigenvalue weighted by molar-refractivity contribution is 5.44. The van der Waals surface area contributed by atoms with Gasteiger partial charge in [-0.05, 0) is 36.5 Å². The van der Waals surface area contributed by atoms with Gasteiger partial charge in [0.2, 0.25) is 0 Å². The van der Waals surface area contributed by atoms with Gasteiger partial charge in [-0.3, -0.25) is 0 Å². The average Bonchev–Trinajstić information content (AvgIpc) is 2.64. The maximum absolute atomic E-state index is 8.68. The van der Waals surface area contributed by atoms with Crippen LogP contribution in [0, 0.1) is 0 Å². The Morgan fingerprint density at radius 2 is 2.07 bits per heavy atom. The van der Waals surface area contributed by atoms with Crippen LogP contribution in [0.2, 0.25) is 0 Å². The van der Waals surface area contributed by atoms with E-state index in [2.05, 4.69) is 17.6 Å². The van der Waals surface area contributed by atoms with E-state index < -0.39 is 0 Å². The minimum atomic E-state index is 0.441. The predicted molar refractivity (Wildman–Crippen MR) is 53.6 cm³/mol. The van der Waals surface area contributed by atoms with Crippen LogP contribution in [0.3, 0.4) is 0 Å². The van der Waals surface area contributed by atoms with Gasteiger partial charge in [0.05, 0.1) is 7.11 Å². The molecule has 0 spiro atoms. The Kier molecular flexibility index (Phi) is 2.70. The van der Waals surface area contributed by atoms with Crippen molar-refractivity contribution in [3.63, 3.8) is 0 Å². The number of hydrogen-bond acceptors (Lipinski definition) is 3. The van der Waals surface area contributed by atoms with Crippen molar-refractivity contribution in [2.75, 3.05) is 7.11 Å². The summed E-state index contributed by atoms with van der Waals surface area (Å²) in [6.45, 7) is 0.441. The first-order valence-electron chi connectivity index (χ1n) is 4.90. The Balaban J connectivity index is 2.38. The summed E-state index contributed by atoms with van der Waals surface area (Å²) in [6.07, 6.45) is 3.53. The molecule has 0 unspecified atom stereocenters. The molecular weight excluding hydrogens is 178 g/mol. The number of fused-ring (bicyclic) bond motifs is 1. The van der Waals surface area contributed by atoms with Gasteiger partial charge >= 0.3 is 0 Å². The molecule has 2 rings (SSSR count). The molecular formula is C11H15NO2. The van der Waals surface area contributed by atoms with Gasteiger partial charge in [0.25, 0.3) is 0 Å². The third-order valence-electron chi connectivity index (χ3n) is 2.76. The predicted octanol–water partition coefficient (Wildman–Crippen LogP) is 1.66. The van der Waals surface area contributed by atoms with E-state index in [0.717, 1.165) is 24.2 Å². The molecule has 3 nitrogen and oxygen atoms in total. The molecule has 0 radical (unpaired) electrons. The molecule has 1 aliphatic carbocycles. The molecule has 1 aromatic carbocycles. The normalized spacial score (nSPS) is 14.1. The molecule has 0 saturated carbocycles. The molecule has 0 aliphatic heterocycles. The van der Waals surface area contributed by atoms with Gasteiger partial charge in [-0.2, -0.15) is 0 Å². The fourth-order valence-electron chi connectivity index (χ4n) is 2.07. The Labute approximate surface area is 83.7 Å². The second-order valence-corrected chi connectivity index (χ2v) is 3.62. The first-order valence-corrected chi connectivity index (χ1v) is 4.90. The lowest BCUT2D eigenvalue weighted by molar-refractivity contribution is 0.160. The molecule has 0 heterocycles. The summed E-state index contributed by atoms with van der Waals surface area (Å²) in [7, 11) is 1.66. The third-order valence-corrected chi connectivity index (χ3v) is 2.76. The molecule has 76 valence electrons. The minimum Gasteiger partial charge on any atom is -0.496 e. The van der Waals surface area contributed by atoms with Crippen molar-refractivity contribution in [1.29, 1.82) is 0 Å². The highest BCUT2D eigenvalue weighted by atomic mass is 16.5. The van der Waals surface area contributed by atoms with Crippen LogP contribution in [0.1, 0.15) is 23.1 Å². The quantitative estimate of drug-likeness (QED) is 0.717. The lowest BCUT2D eigenvalue weighted by Gasteiger charge is -2.10. The van der Waals surface area contributed by atoms with Crippen molar-refractivity contribution < 1.29 is 9.94 Å². The van der Waals surface area contributed by atoms with Crippen LogP contribution in [-0.4, -0.2) is 12.3 Å². The second-order valence-electron chi connectivity index (χ2n) is 3.62. The molecule has 0 amide bonds. The maximum atomic E-state index is 8.68. The number of rotatable bonds is 3. The number of aryl methyl sites for hydroxylation is 2. The minimum absolute atomic E-state index is 0.441. The number of hydroxylamine groups is 1. The summed E-state index contributed by atoms with van der Waals surface area (Å²) in [5.74, 6) is 0.868. The molecule has 0 aromatic heterocycles. The highest BCUT2D eigenvalue weighted by Crippen LogP contribution is 2.29. The van der Waals surface area contributed by atoms with Gasteiger partial charge in [0, 0.05) is 12.1 Å². The summed E-state index contributed by atoms with van der Waals surface area (Å²) in [4.78, 5) is 0. The van der Waals surface area contributed by atoms with Gasteiger partial charge in [-0.15, -0.1) is 0 Å². The van der Waals surface area contributed by atoms with Crippen LogP contribution in [0.4, 0.5) is 0 Å². The van der Waals surface area contributed by atoms with Crippen molar-refractivity contribution in [1.82, 2.24) is 5.48 Å². The fourth-order valence-corrected chi connectivity index (χ4v) is 2.07. The number of methoxy groups -OCH3 is 1. The Hall–Kier alpha value is -1.06. The van der Waals surface area contributed by atoms with Crippen LogP contribution >= 0.6 is 0 Å². The third kappa shape index (κ3) is 1.61. The van der Waals surface area contributed by atoms with Crippen LogP contribution in [-0.2, 0) is 19.4 Å². The van der Waals surface area contributed by atoms with Gasteiger partial charge in [-0.1, -0.05) is 6.07 Å². The van der Waals surface area contributed by atoms with E-state index in [1.54, 1.807) is 7.11 Å². The Morgan fingerprint density at radius 1 is 1.36 bits per heavy atom. The molecule has 1 aromatic rings. The van der Waals surface area contributed by atoms with Gasteiger partial charge in [-0.25, -0.2) is 5.48 Å². The van der Waals surface area contributed by atoms with Gasteiger partial charge in [0.15, 0.2) is 0 Å². The monoisotopic (exact) mass is 193 g/mol.